The van der Waals surface area contributed by atoms with Gasteiger partial charge in [-0.25, -0.2) is 0 Å². The van der Waals surface area contributed by atoms with E-state index in [0.29, 0.717) is 11.3 Å². The van der Waals surface area contributed by atoms with E-state index >= 15 is 0 Å². The molecule has 0 amide bonds. The van der Waals surface area contributed by atoms with Crippen LogP contribution in [-0.2, 0) is 0 Å². The van der Waals surface area contributed by atoms with E-state index in [9.17, 15) is 0 Å². The van der Waals surface area contributed by atoms with Crippen molar-refractivity contribution in [2.75, 3.05) is 0 Å². The molecular formula is C20H20GeN2O. The molecule has 3 heterocycles. The minimum absolute atomic E-state index is 0.0370. The van der Waals surface area contributed by atoms with Gasteiger partial charge in [0.2, 0.25) is 0 Å². The van der Waals surface area contributed by atoms with Crippen molar-refractivity contribution in [2.45, 2.75) is 24.1 Å². The first-order chi connectivity index (χ1) is 12.6. The summed E-state index contributed by atoms with van der Waals surface area (Å²) < 4.78 is 30.0. The Morgan fingerprint density at radius 3 is 2.58 bits per heavy atom. The van der Waals surface area contributed by atoms with Crippen molar-refractivity contribution in [3.8, 4) is 11.3 Å². The van der Waals surface area contributed by atoms with Crippen LogP contribution >= 0.6 is 0 Å². The van der Waals surface area contributed by atoms with Gasteiger partial charge in [-0.2, -0.15) is 0 Å². The standard InChI is InChI=1S/C20H20GeN2O/c1-13-8-10-16-15-6-5-7-17(19(15)24-20(16)23-13)18-11-9-14(12-22-18)21(2,3)4/h5-12H,1-4H3/i1D3. The maximum atomic E-state index is 7.55. The zero-order chi connectivity index (χ0) is 19.4. The van der Waals surface area contributed by atoms with Crippen molar-refractivity contribution in [3.63, 3.8) is 0 Å². The molecule has 0 saturated heterocycles. The third-order valence-electron chi connectivity index (χ3n) is 4.27. The number of pyridine rings is 2. The molecule has 0 radical (unpaired) electrons. The first-order valence-corrected chi connectivity index (χ1v) is 15.3. The van der Waals surface area contributed by atoms with E-state index in [-0.39, 0.29) is 5.69 Å². The van der Waals surface area contributed by atoms with Crippen molar-refractivity contribution in [1.82, 2.24) is 9.97 Å². The molecule has 0 spiro atoms. The summed E-state index contributed by atoms with van der Waals surface area (Å²) in [5.74, 6) is 7.01. The van der Waals surface area contributed by atoms with Gasteiger partial charge in [-0.3, -0.25) is 0 Å². The molecule has 0 atom stereocenters. The number of para-hydroxylation sites is 1. The van der Waals surface area contributed by atoms with E-state index in [2.05, 4.69) is 33.3 Å². The summed E-state index contributed by atoms with van der Waals surface area (Å²) in [7, 11) is 0. The van der Waals surface area contributed by atoms with Crippen LogP contribution in [0.1, 0.15) is 9.81 Å². The van der Waals surface area contributed by atoms with Crippen molar-refractivity contribution in [3.05, 3.63) is 54.4 Å². The van der Waals surface area contributed by atoms with E-state index in [1.807, 2.05) is 30.5 Å². The van der Waals surface area contributed by atoms with Crippen LogP contribution in [0.25, 0.3) is 33.3 Å². The molecule has 0 aliphatic heterocycles. The molecule has 0 aliphatic carbocycles. The fourth-order valence-corrected chi connectivity index (χ4v) is 5.05. The molecule has 0 fully saturated rings. The number of aryl methyl sites for hydroxylation is 1. The van der Waals surface area contributed by atoms with E-state index in [0.717, 1.165) is 22.0 Å². The van der Waals surface area contributed by atoms with E-state index in [4.69, 9.17) is 8.53 Å². The number of rotatable bonds is 2. The van der Waals surface area contributed by atoms with Gasteiger partial charge in [-0.1, -0.05) is 0 Å². The van der Waals surface area contributed by atoms with Gasteiger partial charge in [0.05, 0.1) is 0 Å². The molecule has 0 bridgehead atoms. The summed E-state index contributed by atoms with van der Waals surface area (Å²) in [6, 6.07) is 13.4. The summed E-state index contributed by atoms with van der Waals surface area (Å²) in [6.45, 7) is -2.26. The second kappa shape index (κ2) is 5.45. The van der Waals surface area contributed by atoms with Gasteiger partial charge in [0.25, 0.3) is 0 Å². The van der Waals surface area contributed by atoms with E-state index in [1.165, 1.54) is 4.40 Å². The molecule has 3 nitrogen and oxygen atoms in total. The molecule has 120 valence electrons. The van der Waals surface area contributed by atoms with Crippen LogP contribution in [0, 0.1) is 6.85 Å². The van der Waals surface area contributed by atoms with Gasteiger partial charge >= 0.3 is 148 Å². The van der Waals surface area contributed by atoms with Gasteiger partial charge in [-0.15, -0.1) is 0 Å². The Bertz CT molecular complexity index is 1140. The molecular weight excluding hydrogens is 357 g/mol. The van der Waals surface area contributed by atoms with Gasteiger partial charge in [0.15, 0.2) is 0 Å². The Morgan fingerprint density at radius 2 is 1.88 bits per heavy atom. The Balaban J connectivity index is 1.89. The predicted molar refractivity (Wildman–Crippen MR) is 102 cm³/mol. The Morgan fingerprint density at radius 1 is 1.00 bits per heavy atom. The van der Waals surface area contributed by atoms with Crippen molar-refractivity contribution < 1.29 is 8.53 Å². The molecule has 24 heavy (non-hydrogen) atoms. The first-order valence-electron chi connectivity index (χ1n) is 9.44. The first kappa shape index (κ1) is 12.3. The molecule has 4 aromatic rings. The summed E-state index contributed by atoms with van der Waals surface area (Å²) in [5, 5.41) is 1.72. The Kier molecular flexibility index (Phi) is 2.78. The van der Waals surface area contributed by atoms with Crippen LogP contribution in [0.3, 0.4) is 0 Å². The molecule has 1 aromatic carbocycles. The maximum absolute atomic E-state index is 7.55. The van der Waals surface area contributed by atoms with Crippen molar-refractivity contribution in [2.24, 2.45) is 0 Å². The van der Waals surface area contributed by atoms with Crippen LogP contribution < -0.4 is 4.40 Å². The number of fused-ring (bicyclic) bond motifs is 3. The van der Waals surface area contributed by atoms with Gasteiger partial charge < -0.3 is 0 Å². The molecule has 4 rings (SSSR count). The van der Waals surface area contributed by atoms with Crippen LogP contribution in [0.4, 0.5) is 0 Å². The number of benzene rings is 1. The summed E-state index contributed by atoms with van der Waals surface area (Å²) in [6.07, 6.45) is 1.97. The van der Waals surface area contributed by atoms with Crippen LogP contribution in [-0.4, -0.2) is 23.2 Å². The second-order valence-electron chi connectivity index (χ2n) is 7.02. The number of hydrogen-bond donors (Lipinski definition) is 0. The van der Waals surface area contributed by atoms with Gasteiger partial charge in [0.1, 0.15) is 0 Å². The second-order valence-corrected chi connectivity index (χ2v) is 17.7. The average molecular weight is 380 g/mol. The Hall–Kier alpha value is -2.14. The fourth-order valence-electron chi connectivity index (χ4n) is 2.88. The molecule has 0 saturated carbocycles. The Labute approximate surface area is 148 Å². The molecule has 0 aliphatic rings. The van der Waals surface area contributed by atoms with Gasteiger partial charge in [-0.05, 0) is 0 Å². The predicted octanol–water partition coefficient (Wildman–Crippen LogP) is 4.90. The van der Waals surface area contributed by atoms with Crippen LogP contribution in [0.5, 0.6) is 0 Å². The number of hydrogen-bond acceptors (Lipinski definition) is 3. The van der Waals surface area contributed by atoms with Gasteiger partial charge in [0, 0.05) is 0 Å². The zero-order valence-corrected chi connectivity index (χ0v) is 16.0. The van der Waals surface area contributed by atoms with Crippen LogP contribution in [0.2, 0.25) is 17.3 Å². The van der Waals surface area contributed by atoms with Crippen molar-refractivity contribution >= 4 is 39.7 Å². The molecule has 0 unspecified atom stereocenters. The SMILES string of the molecule is [2H]C([2H])([2H])c1ccc2c(n1)oc1c(-c3cc[c]([Ge]([CH3])([CH3])[CH3])cn3)cccc12. The van der Waals surface area contributed by atoms with Crippen LogP contribution in [0.15, 0.2) is 53.1 Å². The molecule has 0 N–H and O–H groups in total. The third-order valence-corrected chi connectivity index (χ3v) is 8.52. The fraction of sp³-hybridized carbons (Fsp3) is 0.200. The summed E-state index contributed by atoms with van der Waals surface area (Å²) in [4.78, 5) is 8.89. The zero-order valence-electron chi connectivity index (χ0n) is 16.9. The quantitative estimate of drug-likeness (QED) is 0.465. The number of aromatic nitrogens is 2. The van der Waals surface area contributed by atoms with E-state index < -0.39 is 20.1 Å². The monoisotopic (exact) mass is 381 g/mol. The number of nitrogens with zero attached hydrogens (tertiary/aromatic N) is 2. The average Bonchev–Trinajstić information content (AvgIpc) is 2.98. The summed E-state index contributed by atoms with van der Waals surface area (Å²) >= 11 is -1.92. The number of furan rings is 1. The van der Waals surface area contributed by atoms with Crippen molar-refractivity contribution in [1.29, 1.82) is 0 Å². The minimum atomic E-state index is -2.26. The third kappa shape index (κ3) is 2.53. The van der Waals surface area contributed by atoms with E-state index in [1.54, 1.807) is 12.1 Å². The topological polar surface area (TPSA) is 38.9 Å². The molecule has 3 aromatic heterocycles. The molecule has 4 heteroatoms. The summed E-state index contributed by atoms with van der Waals surface area (Å²) in [5.41, 5.74) is 2.78. The normalized spacial score (nSPS) is 14.5.